The summed E-state index contributed by atoms with van der Waals surface area (Å²) in [5.41, 5.74) is 0.857. The molecule has 5 nitrogen and oxygen atoms in total. The molecule has 0 spiro atoms. The van der Waals surface area contributed by atoms with Crippen LogP contribution in [0.3, 0.4) is 0 Å². The molecule has 0 aliphatic heterocycles. The minimum atomic E-state index is -0.883. The van der Waals surface area contributed by atoms with Crippen LogP contribution in [0.2, 0.25) is 0 Å². The summed E-state index contributed by atoms with van der Waals surface area (Å²) in [5.74, 6) is -0.343. The Labute approximate surface area is 99.9 Å². The van der Waals surface area contributed by atoms with Crippen LogP contribution >= 0.6 is 0 Å². The van der Waals surface area contributed by atoms with Crippen molar-refractivity contribution in [2.45, 2.75) is 20.5 Å². The average Bonchev–Trinajstić information content (AvgIpc) is 2.34. The fraction of sp³-hybridized carbons (Fsp3) is 0.333. The third kappa shape index (κ3) is 4.55. The summed E-state index contributed by atoms with van der Waals surface area (Å²) >= 11 is 0. The summed E-state index contributed by atoms with van der Waals surface area (Å²) in [7, 11) is 0. The molecule has 0 N–H and O–H groups in total. The highest BCUT2D eigenvalue weighted by Gasteiger charge is 2.13. The second-order valence-electron chi connectivity index (χ2n) is 3.33. The van der Waals surface area contributed by atoms with Crippen molar-refractivity contribution >= 4 is 12.1 Å². The van der Waals surface area contributed by atoms with Gasteiger partial charge in [-0.25, -0.2) is 4.79 Å². The number of hydrogen-bond donors (Lipinski definition) is 0. The van der Waals surface area contributed by atoms with Gasteiger partial charge in [0.25, 0.3) is 5.91 Å². The van der Waals surface area contributed by atoms with Crippen LogP contribution in [0, 0.1) is 0 Å². The van der Waals surface area contributed by atoms with E-state index in [-0.39, 0.29) is 19.1 Å². The minimum absolute atomic E-state index is 0.120. The second-order valence-corrected chi connectivity index (χ2v) is 3.33. The molecule has 0 aliphatic carbocycles. The quantitative estimate of drug-likeness (QED) is 0.597. The summed E-state index contributed by atoms with van der Waals surface area (Å²) in [6, 6.07) is 9.22. The second kappa shape index (κ2) is 6.52. The van der Waals surface area contributed by atoms with Crippen molar-refractivity contribution in [3.05, 3.63) is 35.9 Å². The van der Waals surface area contributed by atoms with Crippen LogP contribution in [0.4, 0.5) is 4.79 Å². The molecule has 0 fully saturated rings. The zero-order valence-corrected chi connectivity index (χ0v) is 9.88. The molecule has 0 atom stereocenters. The fourth-order valence-electron chi connectivity index (χ4n) is 1.18. The van der Waals surface area contributed by atoms with Gasteiger partial charge in [-0.05, 0) is 12.5 Å². The molecule has 0 saturated heterocycles. The van der Waals surface area contributed by atoms with Gasteiger partial charge >= 0.3 is 6.16 Å². The van der Waals surface area contributed by atoms with Crippen LogP contribution in [0.25, 0.3) is 0 Å². The number of benzene rings is 1. The van der Waals surface area contributed by atoms with Gasteiger partial charge in [0.15, 0.2) is 0 Å². The first kappa shape index (κ1) is 13.0. The fourth-order valence-corrected chi connectivity index (χ4v) is 1.18. The Bertz CT molecular complexity index is 377. The van der Waals surface area contributed by atoms with Crippen LogP contribution < -0.4 is 0 Å². The van der Waals surface area contributed by atoms with E-state index in [9.17, 15) is 9.59 Å². The van der Waals surface area contributed by atoms with E-state index >= 15 is 0 Å². The summed E-state index contributed by atoms with van der Waals surface area (Å²) < 4.78 is 4.86. The molecule has 1 aromatic rings. The largest absolute Gasteiger partial charge is 0.533 e. The van der Waals surface area contributed by atoms with Gasteiger partial charge in [0.2, 0.25) is 0 Å². The van der Waals surface area contributed by atoms with E-state index in [4.69, 9.17) is 9.57 Å². The summed E-state index contributed by atoms with van der Waals surface area (Å²) in [5, 5.41) is 0.938. The lowest BCUT2D eigenvalue weighted by Crippen LogP contribution is -2.31. The van der Waals surface area contributed by atoms with Gasteiger partial charge in [0.1, 0.15) is 6.61 Å². The third-order valence-electron chi connectivity index (χ3n) is 2.02. The van der Waals surface area contributed by atoms with E-state index in [1.54, 1.807) is 6.92 Å². The van der Waals surface area contributed by atoms with Gasteiger partial charge in [0.05, 0.1) is 6.54 Å². The average molecular weight is 237 g/mol. The van der Waals surface area contributed by atoms with E-state index < -0.39 is 6.16 Å². The number of carbonyl (C=O) groups excluding carboxylic acids is 2. The first-order valence-corrected chi connectivity index (χ1v) is 5.30. The molecule has 0 aromatic heterocycles. The Morgan fingerprint density at radius 2 is 1.88 bits per heavy atom. The van der Waals surface area contributed by atoms with Crippen LogP contribution in [-0.4, -0.2) is 23.7 Å². The minimum Gasteiger partial charge on any atom is -0.428 e. The molecule has 0 unspecified atom stereocenters. The Hall–Kier alpha value is -2.04. The predicted molar refractivity (Wildman–Crippen MR) is 60.8 cm³/mol. The number of hydroxylamine groups is 2. The molecule has 17 heavy (non-hydrogen) atoms. The van der Waals surface area contributed by atoms with Gasteiger partial charge in [-0.3, -0.25) is 4.79 Å². The first-order valence-electron chi connectivity index (χ1n) is 5.30. The molecule has 0 saturated carbocycles. The number of amides is 1. The maximum Gasteiger partial charge on any atom is 0.533 e. The van der Waals surface area contributed by atoms with E-state index in [0.717, 1.165) is 10.6 Å². The van der Waals surface area contributed by atoms with Crippen molar-refractivity contribution < 1.29 is 19.2 Å². The van der Waals surface area contributed by atoms with Crippen molar-refractivity contribution in [2.24, 2.45) is 0 Å². The third-order valence-corrected chi connectivity index (χ3v) is 2.02. The van der Waals surface area contributed by atoms with Crippen LogP contribution in [0.1, 0.15) is 19.4 Å². The molecule has 0 aliphatic rings. The lowest BCUT2D eigenvalue weighted by Gasteiger charge is -2.16. The highest BCUT2D eigenvalue weighted by Crippen LogP contribution is 2.02. The topological polar surface area (TPSA) is 55.8 Å². The molecule has 1 aromatic carbocycles. The van der Waals surface area contributed by atoms with Crippen molar-refractivity contribution in [1.82, 2.24) is 5.06 Å². The standard InChI is InChI=1S/C12H15NO4/c1-3-13(10(2)14)17-12(15)16-9-11-7-5-4-6-8-11/h4-8H,3,9H2,1-2H3. The molecule has 0 heterocycles. The van der Waals surface area contributed by atoms with Gasteiger partial charge in [0, 0.05) is 6.92 Å². The van der Waals surface area contributed by atoms with E-state index in [1.165, 1.54) is 6.92 Å². The van der Waals surface area contributed by atoms with Gasteiger partial charge in [-0.15, -0.1) is 0 Å². The van der Waals surface area contributed by atoms with Crippen molar-refractivity contribution in [3.63, 3.8) is 0 Å². The predicted octanol–water partition coefficient (Wildman–Crippen LogP) is 2.12. The van der Waals surface area contributed by atoms with Crippen LogP contribution in [0.5, 0.6) is 0 Å². The van der Waals surface area contributed by atoms with Gasteiger partial charge in [-0.2, -0.15) is 5.06 Å². The smallest absolute Gasteiger partial charge is 0.428 e. The lowest BCUT2D eigenvalue weighted by molar-refractivity contribution is -0.169. The number of rotatable bonds is 3. The number of nitrogens with zero attached hydrogens (tertiary/aromatic N) is 1. The van der Waals surface area contributed by atoms with Crippen LogP contribution in [-0.2, 0) is 21.0 Å². The normalized spacial score (nSPS) is 9.53. The molecule has 0 bridgehead atoms. The molecule has 1 amide bonds. The van der Waals surface area contributed by atoms with Gasteiger partial charge < -0.3 is 9.57 Å². The zero-order chi connectivity index (χ0) is 12.7. The highest BCUT2D eigenvalue weighted by atomic mass is 16.8. The summed E-state index contributed by atoms with van der Waals surface area (Å²) in [6.07, 6.45) is -0.883. The Morgan fingerprint density at radius 3 is 2.41 bits per heavy atom. The Morgan fingerprint density at radius 1 is 1.24 bits per heavy atom. The number of hydrogen-bond acceptors (Lipinski definition) is 4. The molecular formula is C12H15NO4. The number of ether oxygens (including phenoxy) is 1. The molecule has 0 radical (unpaired) electrons. The van der Waals surface area contributed by atoms with E-state index in [2.05, 4.69) is 0 Å². The molecular weight excluding hydrogens is 222 g/mol. The van der Waals surface area contributed by atoms with Gasteiger partial charge in [-0.1, -0.05) is 30.3 Å². The summed E-state index contributed by atoms with van der Waals surface area (Å²) in [4.78, 5) is 26.9. The maximum absolute atomic E-state index is 11.3. The summed E-state index contributed by atoms with van der Waals surface area (Å²) in [6.45, 7) is 3.42. The lowest BCUT2D eigenvalue weighted by atomic mass is 10.2. The van der Waals surface area contributed by atoms with Crippen molar-refractivity contribution in [2.75, 3.05) is 6.54 Å². The van der Waals surface area contributed by atoms with Crippen molar-refractivity contribution in [1.29, 1.82) is 0 Å². The Balaban J connectivity index is 2.37. The highest BCUT2D eigenvalue weighted by molar-refractivity contribution is 5.73. The zero-order valence-electron chi connectivity index (χ0n) is 9.88. The van der Waals surface area contributed by atoms with Crippen molar-refractivity contribution in [3.8, 4) is 0 Å². The van der Waals surface area contributed by atoms with Crippen LogP contribution in [0.15, 0.2) is 30.3 Å². The molecule has 92 valence electrons. The maximum atomic E-state index is 11.3. The number of carbonyl (C=O) groups is 2. The SMILES string of the molecule is CCN(OC(=O)OCc1ccccc1)C(C)=O. The van der Waals surface area contributed by atoms with E-state index in [0.29, 0.717) is 0 Å². The first-order chi connectivity index (χ1) is 8.13. The molecule has 5 heteroatoms. The molecule has 1 rings (SSSR count). The Kier molecular flexibility index (Phi) is 5.00. The van der Waals surface area contributed by atoms with E-state index in [1.807, 2.05) is 30.3 Å². The monoisotopic (exact) mass is 237 g/mol.